The molecule has 0 spiro atoms. The summed E-state index contributed by atoms with van der Waals surface area (Å²) in [5.41, 5.74) is 8.57. The third-order valence-corrected chi connectivity index (χ3v) is 6.45. The standard InChI is InChI=1S/C31H20N2O/c1-3-9-21(10-4-1)23-15-17-28-25(19-23)26-20-24(22-11-5-2-6-12-22)16-18-29(26)33(28)31-32-27-13-7-8-14-30(27)34-31/h1-20H. The minimum atomic E-state index is 0.584. The number of nitrogens with zero attached hydrogens (tertiary/aromatic N) is 2. The molecule has 2 aromatic heterocycles. The van der Waals surface area contributed by atoms with E-state index >= 15 is 0 Å². The average molecular weight is 437 g/mol. The van der Waals surface area contributed by atoms with Gasteiger partial charge in [0.25, 0.3) is 0 Å². The van der Waals surface area contributed by atoms with Gasteiger partial charge in [-0.25, -0.2) is 0 Å². The van der Waals surface area contributed by atoms with Crippen LogP contribution in [-0.2, 0) is 0 Å². The van der Waals surface area contributed by atoms with Crippen molar-refractivity contribution in [3.63, 3.8) is 0 Å². The quantitative estimate of drug-likeness (QED) is 0.279. The van der Waals surface area contributed by atoms with Crippen molar-refractivity contribution in [3.05, 3.63) is 121 Å². The van der Waals surface area contributed by atoms with Crippen molar-refractivity contribution in [3.8, 4) is 28.3 Å². The van der Waals surface area contributed by atoms with E-state index in [0.717, 1.165) is 22.1 Å². The first-order valence-electron chi connectivity index (χ1n) is 11.4. The van der Waals surface area contributed by atoms with E-state index in [1.807, 2.05) is 36.4 Å². The highest BCUT2D eigenvalue weighted by atomic mass is 16.4. The van der Waals surface area contributed by atoms with Crippen LogP contribution in [-0.4, -0.2) is 9.55 Å². The Bertz CT molecular complexity index is 1660. The normalized spacial score (nSPS) is 11.5. The van der Waals surface area contributed by atoms with Gasteiger partial charge in [-0.1, -0.05) is 84.9 Å². The topological polar surface area (TPSA) is 31.0 Å². The van der Waals surface area contributed by atoms with Crippen molar-refractivity contribution in [1.29, 1.82) is 0 Å². The Morgan fingerprint density at radius 3 is 1.59 bits per heavy atom. The summed E-state index contributed by atoms with van der Waals surface area (Å²) in [6.45, 7) is 0. The molecule has 0 aliphatic heterocycles. The van der Waals surface area contributed by atoms with Crippen molar-refractivity contribution < 1.29 is 4.42 Å². The molecular formula is C31H20N2O. The summed E-state index contributed by atoms with van der Waals surface area (Å²) in [5, 5.41) is 2.35. The Morgan fingerprint density at radius 1 is 0.500 bits per heavy atom. The van der Waals surface area contributed by atoms with Gasteiger partial charge in [-0.2, -0.15) is 4.98 Å². The van der Waals surface area contributed by atoms with Crippen LogP contribution < -0.4 is 0 Å². The first-order chi connectivity index (χ1) is 16.8. The molecular weight excluding hydrogens is 416 g/mol. The summed E-state index contributed by atoms with van der Waals surface area (Å²) in [6, 6.07) is 42.7. The fourth-order valence-electron chi connectivity index (χ4n) is 4.81. The first kappa shape index (κ1) is 18.9. The molecule has 5 aromatic carbocycles. The van der Waals surface area contributed by atoms with E-state index in [0.29, 0.717) is 6.01 Å². The van der Waals surface area contributed by atoms with Gasteiger partial charge < -0.3 is 4.42 Å². The smallest absolute Gasteiger partial charge is 0.307 e. The van der Waals surface area contributed by atoms with Gasteiger partial charge in [0.15, 0.2) is 5.58 Å². The molecule has 7 aromatic rings. The van der Waals surface area contributed by atoms with Crippen LogP contribution in [0.3, 0.4) is 0 Å². The van der Waals surface area contributed by atoms with Crippen molar-refractivity contribution in [2.75, 3.05) is 0 Å². The fraction of sp³-hybridized carbons (Fsp3) is 0. The molecule has 3 heteroatoms. The maximum Gasteiger partial charge on any atom is 0.307 e. The van der Waals surface area contributed by atoms with Gasteiger partial charge >= 0.3 is 6.01 Å². The van der Waals surface area contributed by atoms with Gasteiger partial charge in [0.2, 0.25) is 0 Å². The molecule has 0 aliphatic rings. The molecule has 2 heterocycles. The number of oxazole rings is 1. The third-order valence-electron chi connectivity index (χ3n) is 6.45. The molecule has 0 unspecified atom stereocenters. The predicted octanol–water partition coefficient (Wildman–Crippen LogP) is 8.26. The van der Waals surface area contributed by atoms with E-state index in [1.54, 1.807) is 0 Å². The maximum absolute atomic E-state index is 6.21. The Hall–Kier alpha value is -4.63. The van der Waals surface area contributed by atoms with Crippen LogP contribution in [0.4, 0.5) is 0 Å². The fourth-order valence-corrected chi connectivity index (χ4v) is 4.81. The molecule has 0 fully saturated rings. The van der Waals surface area contributed by atoms with Gasteiger partial charge in [-0.3, -0.25) is 4.57 Å². The van der Waals surface area contributed by atoms with E-state index in [1.165, 1.54) is 33.0 Å². The largest absolute Gasteiger partial charge is 0.423 e. The number of para-hydroxylation sites is 2. The maximum atomic E-state index is 6.21. The second kappa shape index (κ2) is 7.46. The van der Waals surface area contributed by atoms with Crippen molar-refractivity contribution in [1.82, 2.24) is 9.55 Å². The zero-order chi connectivity index (χ0) is 22.5. The Labute approximate surface area is 196 Å². The zero-order valence-electron chi connectivity index (χ0n) is 18.3. The van der Waals surface area contributed by atoms with Crippen LogP contribution in [0, 0.1) is 0 Å². The van der Waals surface area contributed by atoms with Crippen LogP contribution in [0.15, 0.2) is 126 Å². The van der Waals surface area contributed by atoms with Crippen molar-refractivity contribution >= 4 is 32.9 Å². The molecule has 0 N–H and O–H groups in total. The molecule has 0 radical (unpaired) electrons. The van der Waals surface area contributed by atoms with Crippen LogP contribution in [0.25, 0.3) is 61.2 Å². The van der Waals surface area contributed by atoms with Crippen molar-refractivity contribution in [2.45, 2.75) is 0 Å². The molecule has 34 heavy (non-hydrogen) atoms. The summed E-state index contributed by atoms with van der Waals surface area (Å²) in [4.78, 5) is 4.81. The first-order valence-corrected chi connectivity index (χ1v) is 11.4. The molecule has 0 saturated carbocycles. The molecule has 3 nitrogen and oxygen atoms in total. The number of rotatable bonds is 3. The number of hydrogen-bond donors (Lipinski definition) is 0. The second-order valence-corrected chi connectivity index (χ2v) is 8.50. The van der Waals surface area contributed by atoms with Gasteiger partial charge in [0, 0.05) is 10.8 Å². The zero-order valence-corrected chi connectivity index (χ0v) is 18.3. The van der Waals surface area contributed by atoms with Crippen molar-refractivity contribution in [2.24, 2.45) is 0 Å². The lowest BCUT2D eigenvalue weighted by Gasteiger charge is -2.04. The predicted molar refractivity (Wildman–Crippen MR) is 139 cm³/mol. The molecule has 0 aliphatic carbocycles. The van der Waals surface area contributed by atoms with Gasteiger partial charge in [-0.05, 0) is 58.7 Å². The molecule has 0 amide bonds. The summed E-state index contributed by atoms with van der Waals surface area (Å²) in [6.07, 6.45) is 0. The minimum Gasteiger partial charge on any atom is -0.423 e. The third kappa shape index (κ3) is 2.95. The van der Waals surface area contributed by atoms with Crippen LogP contribution in [0.5, 0.6) is 0 Å². The van der Waals surface area contributed by atoms with Gasteiger partial charge in [0.05, 0.1) is 11.0 Å². The molecule has 0 saturated heterocycles. The molecule has 7 rings (SSSR count). The van der Waals surface area contributed by atoms with E-state index in [-0.39, 0.29) is 0 Å². The Morgan fingerprint density at radius 2 is 1.03 bits per heavy atom. The van der Waals surface area contributed by atoms with Crippen LogP contribution >= 0.6 is 0 Å². The Kier molecular flexibility index (Phi) is 4.15. The summed E-state index contributed by atoms with van der Waals surface area (Å²) < 4.78 is 8.34. The number of benzene rings is 5. The van der Waals surface area contributed by atoms with E-state index in [2.05, 4.69) is 89.5 Å². The lowest BCUT2D eigenvalue weighted by atomic mass is 10.0. The highest BCUT2D eigenvalue weighted by Crippen LogP contribution is 2.37. The highest BCUT2D eigenvalue weighted by Gasteiger charge is 2.18. The van der Waals surface area contributed by atoms with E-state index < -0.39 is 0 Å². The monoisotopic (exact) mass is 436 g/mol. The number of hydrogen-bond acceptors (Lipinski definition) is 2. The van der Waals surface area contributed by atoms with Gasteiger partial charge in [0.1, 0.15) is 5.52 Å². The Balaban J connectivity index is 1.54. The number of aromatic nitrogens is 2. The van der Waals surface area contributed by atoms with Crippen LogP contribution in [0.2, 0.25) is 0 Å². The summed E-state index contributed by atoms with van der Waals surface area (Å²) in [5.74, 6) is 0. The minimum absolute atomic E-state index is 0.584. The SMILES string of the molecule is c1ccc(-c2ccc3c(c2)c2cc(-c4ccccc4)ccc2n3-c2nc3ccccc3o2)cc1. The highest BCUT2D eigenvalue weighted by molar-refractivity contribution is 6.11. The molecule has 0 atom stereocenters. The lowest BCUT2D eigenvalue weighted by molar-refractivity contribution is 0.574. The molecule has 0 bridgehead atoms. The summed E-state index contributed by atoms with van der Waals surface area (Å²) in [7, 11) is 0. The van der Waals surface area contributed by atoms with E-state index in [9.17, 15) is 0 Å². The molecule has 160 valence electrons. The summed E-state index contributed by atoms with van der Waals surface area (Å²) >= 11 is 0. The second-order valence-electron chi connectivity index (χ2n) is 8.50. The van der Waals surface area contributed by atoms with Gasteiger partial charge in [-0.15, -0.1) is 0 Å². The van der Waals surface area contributed by atoms with E-state index in [4.69, 9.17) is 9.40 Å². The van der Waals surface area contributed by atoms with Crippen LogP contribution in [0.1, 0.15) is 0 Å². The average Bonchev–Trinajstić information content (AvgIpc) is 3.47. The number of fused-ring (bicyclic) bond motifs is 4. The lowest BCUT2D eigenvalue weighted by Crippen LogP contribution is -1.93.